The number of hydrogen-bond acceptors (Lipinski definition) is 7. The molecule has 124 valence electrons. The van der Waals surface area contributed by atoms with Gasteiger partial charge in [-0.05, 0) is 26.8 Å². The second-order valence-electron chi connectivity index (χ2n) is 5.83. The van der Waals surface area contributed by atoms with Crippen LogP contribution in [-0.2, 0) is 16.1 Å². The van der Waals surface area contributed by atoms with Crippen molar-refractivity contribution < 1.29 is 19.2 Å². The molecular formula is C14H24N4O4. The van der Waals surface area contributed by atoms with E-state index in [1.165, 1.54) is 0 Å². The number of carbonyl (C=O) groups is 1. The first-order valence-electron chi connectivity index (χ1n) is 7.43. The summed E-state index contributed by atoms with van der Waals surface area (Å²) >= 11 is 0. The highest BCUT2D eigenvalue weighted by Gasteiger charge is 2.42. The fourth-order valence-corrected chi connectivity index (χ4v) is 2.76. The minimum atomic E-state index is -1.37. The first kappa shape index (κ1) is 16.9. The number of hydrogen-bond donors (Lipinski definition) is 1. The molecule has 1 aromatic rings. The molecule has 0 aromatic carbocycles. The van der Waals surface area contributed by atoms with Crippen molar-refractivity contribution in [1.29, 1.82) is 0 Å². The quantitative estimate of drug-likeness (QED) is 0.746. The summed E-state index contributed by atoms with van der Waals surface area (Å²) in [7, 11) is 3.42. The number of nitrogens with zero attached hydrogens (tertiary/aromatic N) is 4. The molecule has 22 heavy (non-hydrogen) atoms. The second kappa shape index (κ2) is 7.17. The van der Waals surface area contributed by atoms with Crippen molar-refractivity contribution in [3.05, 3.63) is 11.7 Å². The Bertz CT molecular complexity index is 507. The molecule has 1 N–H and O–H groups in total. The molecule has 2 heterocycles. The van der Waals surface area contributed by atoms with Crippen molar-refractivity contribution in [1.82, 2.24) is 19.9 Å². The molecule has 0 radical (unpaired) electrons. The van der Waals surface area contributed by atoms with Crippen molar-refractivity contribution in [3.8, 4) is 0 Å². The summed E-state index contributed by atoms with van der Waals surface area (Å²) in [4.78, 5) is 20.1. The summed E-state index contributed by atoms with van der Waals surface area (Å²) < 4.78 is 10.1. The van der Waals surface area contributed by atoms with Gasteiger partial charge >= 0.3 is 0 Å². The molecule has 2 rings (SSSR count). The molecule has 1 aliphatic heterocycles. The van der Waals surface area contributed by atoms with Crippen LogP contribution in [0.3, 0.4) is 0 Å². The van der Waals surface area contributed by atoms with Gasteiger partial charge in [-0.3, -0.25) is 9.69 Å². The van der Waals surface area contributed by atoms with Crippen LogP contribution in [0.4, 0.5) is 0 Å². The zero-order valence-electron chi connectivity index (χ0n) is 13.4. The lowest BCUT2D eigenvalue weighted by atomic mass is 9.91. The number of likely N-dealkylation sites (tertiary alicyclic amines) is 1. The van der Waals surface area contributed by atoms with Gasteiger partial charge in [0.15, 0.2) is 11.4 Å². The number of aromatic nitrogens is 2. The van der Waals surface area contributed by atoms with Crippen LogP contribution in [0.25, 0.3) is 0 Å². The highest BCUT2D eigenvalue weighted by atomic mass is 16.5. The Labute approximate surface area is 130 Å². The van der Waals surface area contributed by atoms with E-state index in [0.29, 0.717) is 44.4 Å². The third-order valence-corrected chi connectivity index (χ3v) is 3.78. The summed E-state index contributed by atoms with van der Waals surface area (Å²) in [6, 6.07) is 0. The van der Waals surface area contributed by atoms with E-state index in [9.17, 15) is 9.90 Å². The van der Waals surface area contributed by atoms with Crippen LogP contribution in [0.5, 0.6) is 0 Å². The van der Waals surface area contributed by atoms with Gasteiger partial charge < -0.3 is 19.3 Å². The molecule has 1 aliphatic rings. The van der Waals surface area contributed by atoms with Crippen LogP contribution >= 0.6 is 0 Å². The van der Waals surface area contributed by atoms with Gasteiger partial charge in [0.05, 0.1) is 13.2 Å². The van der Waals surface area contributed by atoms with E-state index in [0.717, 1.165) is 6.42 Å². The molecule has 1 saturated heterocycles. The average molecular weight is 312 g/mol. The minimum Gasteiger partial charge on any atom is -0.383 e. The van der Waals surface area contributed by atoms with Crippen LogP contribution in [0.15, 0.2) is 4.52 Å². The molecule has 0 saturated carbocycles. The maximum atomic E-state index is 12.5. The van der Waals surface area contributed by atoms with Gasteiger partial charge in [-0.1, -0.05) is 5.16 Å². The molecule has 1 amide bonds. The summed E-state index contributed by atoms with van der Waals surface area (Å²) in [5, 5.41) is 14.5. The van der Waals surface area contributed by atoms with E-state index < -0.39 is 5.60 Å². The highest BCUT2D eigenvalue weighted by Crippen LogP contribution is 2.24. The smallest absolute Gasteiger partial charge is 0.255 e. The largest absolute Gasteiger partial charge is 0.383 e. The van der Waals surface area contributed by atoms with Crippen molar-refractivity contribution >= 4 is 5.91 Å². The lowest BCUT2D eigenvalue weighted by molar-refractivity contribution is -0.160. The third-order valence-electron chi connectivity index (χ3n) is 3.78. The zero-order valence-corrected chi connectivity index (χ0v) is 13.4. The molecule has 1 unspecified atom stereocenters. The fourth-order valence-electron chi connectivity index (χ4n) is 2.76. The van der Waals surface area contributed by atoms with Gasteiger partial charge in [0, 0.05) is 26.7 Å². The maximum absolute atomic E-state index is 12.5. The second-order valence-corrected chi connectivity index (χ2v) is 5.83. The number of aliphatic hydroxyl groups is 1. The van der Waals surface area contributed by atoms with Crippen LogP contribution < -0.4 is 0 Å². The Balaban J connectivity index is 1.95. The van der Waals surface area contributed by atoms with E-state index in [1.54, 1.807) is 18.9 Å². The highest BCUT2D eigenvalue weighted by molar-refractivity contribution is 5.86. The molecule has 1 atom stereocenters. The van der Waals surface area contributed by atoms with Gasteiger partial charge in [0.25, 0.3) is 5.91 Å². The summed E-state index contributed by atoms with van der Waals surface area (Å²) in [5.74, 6) is 0.814. The normalized spacial score (nSPS) is 22.6. The summed E-state index contributed by atoms with van der Waals surface area (Å²) in [6.07, 6.45) is 1.24. The molecule has 1 aromatic heterocycles. The van der Waals surface area contributed by atoms with Crippen molar-refractivity contribution in [2.75, 3.05) is 40.4 Å². The SMILES string of the molecule is COCCN1CCCC(O)(CN(C)Cc2nc(C)no2)C1=O. The zero-order chi connectivity index (χ0) is 16.2. The predicted molar refractivity (Wildman–Crippen MR) is 78.0 cm³/mol. The summed E-state index contributed by atoms with van der Waals surface area (Å²) in [5.41, 5.74) is -1.37. The lowest BCUT2D eigenvalue weighted by Gasteiger charge is -2.39. The average Bonchev–Trinajstić information content (AvgIpc) is 2.85. The molecule has 0 spiro atoms. The number of amides is 1. The van der Waals surface area contributed by atoms with Crippen LogP contribution in [0.2, 0.25) is 0 Å². The Hall–Kier alpha value is -1.51. The fraction of sp³-hybridized carbons (Fsp3) is 0.786. The molecule has 0 bridgehead atoms. The monoisotopic (exact) mass is 312 g/mol. The number of methoxy groups -OCH3 is 1. The number of likely N-dealkylation sites (N-methyl/N-ethyl adjacent to an activating group) is 1. The number of rotatable bonds is 7. The molecule has 8 heteroatoms. The van der Waals surface area contributed by atoms with Crippen molar-refractivity contribution in [2.45, 2.75) is 31.9 Å². The Morgan fingerprint density at radius 1 is 1.55 bits per heavy atom. The van der Waals surface area contributed by atoms with Gasteiger partial charge in [0.2, 0.25) is 5.89 Å². The Kier molecular flexibility index (Phi) is 5.49. The molecule has 1 fully saturated rings. The summed E-state index contributed by atoms with van der Waals surface area (Å²) in [6.45, 7) is 4.02. The molecular weight excluding hydrogens is 288 g/mol. The van der Waals surface area contributed by atoms with Gasteiger partial charge in [-0.2, -0.15) is 4.98 Å². The number of aryl methyl sites for hydroxylation is 1. The maximum Gasteiger partial charge on any atom is 0.255 e. The van der Waals surface area contributed by atoms with Crippen LogP contribution in [0.1, 0.15) is 24.6 Å². The van der Waals surface area contributed by atoms with Crippen molar-refractivity contribution in [3.63, 3.8) is 0 Å². The third kappa shape index (κ3) is 4.02. The minimum absolute atomic E-state index is 0.232. The van der Waals surface area contributed by atoms with Crippen LogP contribution in [0, 0.1) is 6.92 Å². The molecule has 8 nitrogen and oxygen atoms in total. The van der Waals surface area contributed by atoms with E-state index in [2.05, 4.69) is 10.1 Å². The van der Waals surface area contributed by atoms with E-state index in [-0.39, 0.29) is 12.5 Å². The van der Waals surface area contributed by atoms with Gasteiger partial charge in [-0.25, -0.2) is 0 Å². The number of ether oxygens (including phenoxy) is 1. The van der Waals surface area contributed by atoms with Crippen molar-refractivity contribution in [2.24, 2.45) is 0 Å². The van der Waals surface area contributed by atoms with Gasteiger partial charge in [0.1, 0.15) is 0 Å². The first-order valence-corrected chi connectivity index (χ1v) is 7.43. The van der Waals surface area contributed by atoms with E-state index in [1.807, 2.05) is 11.9 Å². The standard InChI is InChI=1S/C14H24N4O4/c1-11-15-12(22-16-11)9-17(2)10-14(20)5-4-6-18(13(14)19)7-8-21-3/h20H,4-10H2,1-3H3. The Morgan fingerprint density at radius 3 is 2.95 bits per heavy atom. The number of carbonyl (C=O) groups excluding carboxylic acids is 1. The topological polar surface area (TPSA) is 91.9 Å². The number of piperidine rings is 1. The van der Waals surface area contributed by atoms with Crippen LogP contribution in [-0.4, -0.2) is 77.0 Å². The Morgan fingerprint density at radius 2 is 2.32 bits per heavy atom. The van der Waals surface area contributed by atoms with E-state index in [4.69, 9.17) is 9.26 Å². The molecule has 0 aliphatic carbocycles. The predicted octanol–water partition coefficient (Wildman–Crippen LogP) is -0.190. The van der Waals surface area contributed by atoms with Gasteiger partial charge in [-0.15, -0.1) is 0 Å². The first-order chi connectivity index (χ1) is 10.4. The van der Waals surface area contributed by atoms with E-state index >= 15 is 0 Å². The lowest BCUT2D eigenvalue weighted by Crippen LogP contribution is -2.58.